The lowest BCUT2D eigenvalue weighted by molar-refractivity contribution is -0.154. The van der Waals surface area contributed by atoms with Gasteiger partial charge in [-0.05, 0) is 62.5 Å². The van der Waals surface area contributed by atoms with Crippen molar-refractivity contribution in [1.82, 2.24) is 9.88 Å². The van der Waals surface area contributed by atoms with Crippen molar-refractivity contribution in [2.75, 3.05) is 51.0 Å². The van der Waals surface area contributed by atoms with Crippen molar-refractivity contribution in [2.24, 2.45) is 22.7 Å². The molecule has 1 aliphatic heterocycles. The van der Waals surface area contributed by atoms with Gasteiger partial charge in [-0.15, -0.1) is 0 Å². The van der Waals surface area contributed by atoms with Crippen LogP contribution in [-0.4, -0.2) is 91.2 Å². The summed E-state index contributed by atoms with van der Waals surface area (Å²) in [7, 11) is -2.04. The van der Waals surface area contributed by atoms with Gasteiger partial charge in [-0.25, -0.2) is 0 Å². The number of piperazine rings is 1. The Morgan fingerprint density at radius 1 is 1.12 bits per heavy atom. The highest BCUT2D eigenvalue weighted by Gasteiger charge is 2.64. The summed E-state index contributed by atoms with van der Waals surface area (Å²) in [6.07, 6.45) is 10.6. The van der Waals surface area contributed by atoms with Crippen molar-refractivity contribution in [3.05, 3.63) is 41.5 Å². The lowest BCUT2D eigenvalue weighted by atomic mass is 9.50. The Hall–Kier alpha value is -2.60. The Balaban J connectivity index is 0.000000682. The molecule has 4 aliphatic carbocycles. The third-order valence-corrected chi connectivity index (χ3v) is 10.9. The number of nitrogens with zero attached hydrogens (tertiary/aromatic N) is 3. The number of aliphatic hydroxyl groups is 1. The van der Waals surface area contributed by atoms with E-state index in [4.69, 9.17) is 9.29 Å². The minimum Gasteiger partial charge on any atom is -0.481 e. The van der Waals surface area contributed by atoms with E-state index in [0.29, 0.717) is 43.4 Å². The zero-order chi connectivity index (χ0) is 31.2. The van der Waals surface area contributed by atoms with Crippen LogP contribution in [-0.2, 0) is 19.7 Å². The average molecular weight is 616 g/mol. The van der Waals surface area contributed by atoms with Crippen LogP contribution in [0.3, 0.4) is 0 Å². The van der Waals surface area contributed by atoms with E-state index in [9.17, 15) is 23.1 Å². The first-order chi connectivity index (χ1) is 20.2. The highest BCUT2D eigenvalue weighted by molar-refractivity contribution is 7.85. The van der Waals surface area contributed by atoms with Crippen molar-refractivity contribution in [3.8, 4) is 5.88 Å². The number of ether oxygens (including phenoxy) is 1. The molecule has 0 bridgehead atoms. The van der Waals surface area contributed by atoms with Crippen molar-refractivity contribution in [3.63, 3.8) is 0 Å². The fraction of sp³-hybridized carbons (Fsp3) is 0.656. The number of Topliss-reactive ketones (excluding diaryl/α,β-unsaturated/α-hetero) is 1. The molecule has 6 rings (SSSR count). The molecule has 5 aliphatic rings. The van der Waals surface area contributed by atoms with Gasteiger partial charge in [0.1, 0.15) is 11.4 Å². The smallest absolute Gasteiger partial charge is 0.261 e. The second-order valence-electron chi connectivity index (χ2n) is 13.4. The first kappa shape index (κ1) is 31.8. The molecule has 1 aromatic heterocycles. The van der Waals surface area contributed by atoms with E-state index >= 15 is 0 Å². The zero-order valence-electron chi connectivity index (χ0n) is 25.7. The normalized spacial score (nSPS) is 34.1. The molecule has 11 heteroatoms. The number of rotatable bonds is 5. The molecule has 236 valence electrons. The quantitative estimate of drug-likeness (QED) is 0.374. The number of fused-ring (bicyclic) bond motifs is 5. The maximum Gasteiger partial charge on any atom is 0.261 e. The highest BCUT2D eigenvalue weighted by Crippen LogP contribution is 2.65. The number of allylic oxidation sites excluding steroid dienone is 4. The third kappa shape index (κ3) is 6.06. The number of hydrogen-bond donors (Lipinski definition) is 2. The van der Waals surface area contributed by atoms with E-state index in [2.05, 4.69) is 34.7 Å². The molecular formula is C32H45N3O7S. The fourth-order valence-corrected chi connectivity index (χ4v) is 8.49. The maximum atomic E-state index is 13.8. The molecule has 10 nitrogen and oxygen atoms in total. The number of carbonyl (C=O) groups is 2. The van der Waals surface area contributed by atoms with Crippen LogP contribution in [0.1, 0.15) is 58.8 Å². The number of carbonyl (C=O) groups excluding carboxylic acids is 2. The largest absolute Gasteiger partial charge is 0.481 e. The molecule has 1 aromatic rings. The Kier molecular flexibility index (Phi) is 8.67. The first-order valence-electron chi connectivity index (χ1n) is 15.3. The number of anilines is 1. The molecule has 43 heavy (non-hydrogen) atoms. The Morgan fingerprint density at radius 3 is 2.49 bits per heavy atom. The minimum atomic E-state index is -3.67. The van der Waals surface area contributed by atoms with Gasteiger partial charge in [-0.1, -0.05) is 37.1 Å². The van der Waals surface area contributed by atoms with E-state index in [1.165, 1.54) is 11.1 Å². The number of methoxy groups -OCH3 is 1. The van der Waals surface area contributed by atoms with E-state index < -0.39 is 21.1 Å². The predicted molar refractivity (Wildman–Crippen MR) is 164 cm³/mol. The summed E-state index contributed by atoms with van der Waals surface area (Å²) < 4.78 is 31.1. The van der Waals surface area contributed by atoms with Crippen molar-refractivity contribution in [1.29, 1.82) is 0 Å². The maximum absolute atomic E-state index is 13.8. The molecule has 3 fully saturated rings. The lowest BCUT2D eigenvalue weighted by Gasteiger charge is -2.54. The summed E-state index contributed by atoms with van der Waals surface area (Å²) in [5.41, 5.74) is 1.02. The van der Waals surface area contributed by atoms with Gasteiger partial charge in [0.2, 0.25) is 5.88 Å². The van der Waals surface area contributed by atoms with E-state index in [1.54, 1.807) is 7.11 Å². The van der Waals surface area contributed by atoms with Crippen molar-refractivity contribution < 1.29 is 32.4 Å². The van der Waals surface area contributed by atoms with Crippen LogP contribution in [0.15, 0.2) is 41.5 Å². The molecule has 5 atom stereocenters. The first-order valence-corrected chi connectivity index (χ1v) is 17.1. The molecule has 0 aromatic carbocycles. The summed E-state index contributed by atoms with van der Waals surface area (Å²) in [5.74, 6) is 2.45. The zero-order valence-corrected chi connectivity index (χ0v) is 26.5. The lowest BCUT2D eigenvalue weighted by Crippen LogP contribution is -2.58. The topological polar surface area (TPSA) is 137 Å². The highest BCUT2D eigenvalue weighted by atomic mass is 32.2. The number of aromatic nitrogens is 1. The minimum absolute atomic E-state index is 0.0156. The number of pyridine rings is 1. The molecule has 0 spiro atoms. The van der Waals surface area contributed by atoms with Crippen LogP contribution in [0.5, 0.6) is 5.88 Å². The van der Waals surface area contributed by atoms with Gasteiger partial charge >= 0.3 is 0 Å². The molecule has 1 saturated heterocycles. The van der Waals surface area contributed by atoms with Gasteiger partial charge in [0.05, 0.1) is 19.9 Å². The van der Waals surface area contributed by atoms with Crippen LogP contribution < -0.4 is 9.64 Å². The number of hydrogen-bond acceptors (Lipinski definition) is 9. The molecule has 0 radical (unpaired) electrons. The molecular weight excluding hydrogens is 570 g/mol. The Morgan fingerprint density at radius 2 is 1.81 bits per heavy atom. The Labute approximate surface area is 254 Å². The van der Waals surface area contributed by atoms with Crippen LogP contribution in [0.4, 0.5) is 5.82 Å². The molecule has 0 unspecified atom stereocenters. The molecule has 2 N–H and O–H groups in total. The van der Waals surface area contributed by atoms with Crippen LogP contribution in [0.2, 0.25) is 0 Å². The summed E-state index contributed by atoms with van der Waals surface area (Å²) in [6, 6.07) is 5.79. The van der Waals surface area contributed by atoms with Gasteiger partial charge < -0.3 is 14.7 Å². The fourth-order valence-electron chi connectivity index (χ4n) is 8.49. The Bertz CT molecular complexity index is 1430. The van der Waals surface area contributed by atoms with Gasteiger partial charge in [-0.3, -0.25) is 19.0 Å². The van der Waals surface area contributed by atoms with E-state index in [-0.39, 0.29) is 17.0 Å². The van der Waals surface area contributed by atoms with Gasteiger partial charge in [0, 0.05) is 49.5 Å². The second kappa shape index (κ2) is 11.7. The monoisotopic (exact) mass is 615 g/mol. The predicted octanol–water partition coefficient (Wildman–Crippen LogP) is 3.47. The average Bonchev–Trinajstić information content (AvgIpc) is 3.24. The summed E-state index contributed by atoms with van der Waals surface area (Å²) in [5, 5.41) is 12.1. The third-order valence-electron chi connectivity index (χ3n) is 10.9. The van der Waals surface area contributed by atoms with Gasteiger partial charge in [0.15, 0.2) is 11.6 Å². The van der Waals surface area contributed by atoms with E-state index in [0.717, 1.165) is 64.1 Å². The van der Waals surface area contributed by atoms with Crippen LogP contribution >= 0.6 is 0 Å². The summed E-state index contributed by atoms with van der Waals surface area (Å²) in [4.78, 5) is 34.9. The van der Waals surface area contributed by atoms with Gasteiger partial charge in [-0.2, -0.15) is 13.4 Å². The summed E-state index contributed by atoms with van der Waals surface area (Å²) in [6.45, 7) is 7.89. The molecule has 2 saturated carbocycles. The van der Waals surface area contributed by atoms with Crippen molar-refractivity contribution in [2.45, 2.75) is 64.4 Å². The van der Waals surface area contributed by atoms with E-state index in [1.807, 2.05) is 24.3 Å². The van der Waals surface area contributed by atoms with Gasteiger partial charge in [0.25, 0.3) is 10.1 Å². The number of ketones is 2. The SMILES string of the molecule is COc1cccc(N2CCN(CC(=O)[C@@]3(O)CC[C@H]4[C@@H]5CCC6=CC(=O)CC[C@]6(C)C5=CC[C@@]43C)CC2)n1.CS(=O)(=O)O. The molecule has 0 amide bonds. The standard InChI is InChI=1S/C31H41N3O4.CH4O3S/c1-29-12-9-22(35)19-21(29)7-8-23-24(29)10-13-30(2)25(23)11-14-31(30,37)26(36)20-33-15-17-34(18-16-33)27-5-4-6-28(32-27)38-3;1-5(2,3)4/h4-6,10,19,23,25,37H,7-9,11-18,20H2,1-3H3;1H3,(H,2,3,4)/t23-,25+,29+,30+,31+;/m1./s1. The molecule has 2 heterocycles. The van der Waals surface area contributed by atoms with Crippen LogP contribution in [0, 0.1) is 22.7 Å². The summed E-state index contributed by atoms with van der Waals surface area (Å²) >= 11 is 0. The van der Waals surface area contributed by atoms with Crippen molar-refractivity contribution >= 4 is 27.5 Å². The van der Waals surface area contributed by atoms with Crippen LogP contribution in [0.25, 0.3) is 0 Å². The second-order valence-corrected chi connectivity index (χ2v) is 14.8.